The van der Waals surface area contributed by atoms with Crippen molar-refractivity contribution in [2.24, 2.45) is 0 Å². The smallest absolute Gasteiger partial charge is 0.319 e. The van der Waals surface area contributed by atoms with Gasteiger partial charge in [0, 0.05) is 0 Å². The molecule has 2 aromatic rings. The Kier molecular flexibility index (Phi) is 5.77. The summed E-state index contributed by atoms with van der Waals surface area (Å²) in [5.41, 5.74) is 3.47. The van der Waals surface area contributed by atoms with E-state index in [1.807, 2.05) is 18.2 Å². The fraction of sp³-hybridized carbons (Fsp3) is 0.350. The van der Waals surface area contributed by atoms with Crippen molar-refractivity contribution in [1.82, 2.24) is 5.32 Å². The molecule has 0 fully saturated rings. The first-order valence-electron chi connectivity index (χ1n) is 8.69. The number of amides is 2. The number of hydrogen-bond donors (Lipinski definition) is 2. The van der Waals surface area contributed by atoms with Crippen LogP contribution in [0.15, 0.2) is 42.5 Å². The SMILES string of the molecule is COc1ccccc1NC(=O)NCCOc1ccc2c(c1)CCCC2. The van der Waals surface area contributed by atoms with E-state index in [4.69, 9.17) is 9.47 Å². The van der Waals surface area contributed by atoms with Crippen LogP contribution in [0, 0.1) is 0 Å². The van der Waals surface area contributed by atoms with Crippen molar-refractivity contribution in [2.75, 3.05) is 25.6 Å². The molecule has 2 N–H and O–H groups in total. The standard InChI is InChI=1S/C20H24N2O3/c1-24-19-9-5-4-8-18(19)22-20(23)21-12-13-25-17-11-10-15-6-2-3-7-16(15)14-17/h4-5,8-11,14H,2-3,6-7,12-13H2,1H3,(H2,21,22,23). The predicted octanol–water partition coefficient (Wildman–Crippen LogP) is 3.77. The highest BCUT2D eigenvalue weighted by atomic mass is 16.5. The van der Waals surface area contributed by atoms with Gasteiger partial charge in [0.05, 0.1) is 19.3 Å². The maximum atomic E-state index is 12.0. The van der Waals surface area contributed by atoms with Crippen molar-refractivity contribution in [2.45, 2.75) is 25.7 Å². The molecule has 0 saturated heterocycles. The molecule has 0 unspecified atom stereocenters. The molecule has 132 valence electrons. The zero-order valence-electron chi connectivity index (χ0n) is 14.5. The Morgan fingerprint density at radius 1 is 1.08 bits per heavy atom. The third-order valence-electron chi connectivity index (χ3n) is 4.33. The van der Waals surface area contributed by atoms with Gasteiger partial charge in [-0.3, -0.25) is 0 Å². The van der Waals surface area contributed by atoms with Crippen LogP contribution >= 0.6 is 0 Å². The van der Waals surface area contributed by atoms with Crippen molar-refractivity contribution >= 4 is 11.7 Å². The van der Waals surface area contributed by atoms with E-state index < -0.39 is 0 Å². The third-order valence-corrected chi connectivity index (χ3v) is 4.33. The molecule has 25 heavy (non-hydrogen) atoms. The lowest BCUT2D eigenvalue weighted by molar-refractivity contribution is 0.247. The van der Waals surface area contributed by atoms with Gasteiger partial charge in [0.25, 0.3) is 0 Å². The molecule has 2 aromatic carbocycles. The van der Waals surface area contributed by atoms with Gasteiger partial charge in [-0.15, -0.1) is 0 Å². The Morgan fingerprint density at radius 3 is 2.72 bits per heavy atom. The van der Waals surface area contributed by atoms with Crippen LogP contribution in [0.4, 0.5) is 10.5 Å². The van der Waals surface area contributed by atoms with Gasteiger partial charge in [0.1, 0.15) is 18.1 Å². The summed E-state index contributed by atoms with van der Waals surface area (Å²) in [6, 6.07) is 13.3. The number of aryl methyl sites for hydroxylation is 2. The zero-order chi connectivity index (χ0) is 17.5. The molecule has 0 aromatic heterocycles. The number of hydrogen-bond acceptors (Lipinski definition) is 3. The predicted molar refractivity (Wildman–Crippen MR) is 98.6 cm³/mol. The third kappa shape index (κ3) is 4.66. The van der Waals surface area contributed by atoms with Crippen LogP contribution in [0.5, 0.6) is 11.5 Å². The number of anilines is 1. The Hall–Kier alpha value is -2.69. The van der Waals surface area contributed by atoms with Crippen molar-refractivity contribution in [3.63, 3.8) is 0 Å². The van der Waals surface area contributed by atoms with E-state index in [-0.39, 0.29) is 6.03 Å². The summed E-state index contributed by atoms with van der Waals surface area (Å²) >= 11 is 0. The summed E-state index contributed by atoms with van der Waals surface area (Å²) < 4.78 is 11.0. The van der Waals surface area contributed by atoms with E-state index in [9.17, 15) is 4.79 Å². The minimum atomic E-state index is -0.279. The Labute approximate surface area is 148 Å². The molecular weight excluding hydrogens is 316 g/mol. The second kappa shape index (κ2) is 8.42. The van der Waals surface area contributed by atoms with Gasteiger partial charge >= 0.3 is 6.03 Å². The molecule has 0 heterocycles. The van der Waals surface area contributed by atoms with Gasteiger partial charge in [0.15, 0.2) is 0 Å². The number of methoxy groups -OCH3 is 1. The summed E-state index contributed by atoms with van der Waals surface area (Å²) in [5, 5.41) is 5.55. The summed E-state index contributed by atoms with van der Waals surface area (Å²) in [7, 11) is 1.57. The maximum Gasteiger partial charge on any atom is 0.319 e. The number of benzene rings is 2. The second-order valence-electron chi connectivity index (χ2n) is 6.07. The van der Waals surface area contributed by atoms with Gasteiger partial charge < -0.3 is 20.1 Å². The normalized spacial score (nSPS) is 12.8. The molecule has 3 rings (SSSR count). The number of carbonyl (C=O) groups excluding carboxylic acids is 1. The average molecular weight is 340 g/mol. The first-order valence-corrected chi connectivity index (χ1v) is 8.69. The summed E-state index contributed by atoms with van der Waals surface area (Å²) in [5.74, 6) is 1.50. The Bertz CT molecular complexity index is 731. The molecule has 0 aliphatic heterocycles. The lowest BCUT2D eigenvalue weighted by Crippen LogP contribution is -2.32. The molecule has 0 spiro atoms. The molecule has 5 nitrogen and oxygen atoms in total. The fourth-order valence-corrected chi connectivity index (χ4v) is 3.05. The summed E-state index contributed by atoms with van der Waals surface area (Å²) in [6.45, 7) is 0.857. The summed E-state index contributed by atoms with van der Waals surface area (Å²) in [4.78, 5) is 12.0. The molecular formula is C20H24N2O3. The van der Waals surface area contributed by atoms with E-state index in [2.05, 4.69) is 22.8 Å². The van der Waals surface area contributed by atoms with Crippen LogP contribution in [0.1, 0.15) is 24.0 Å². The van der Waals surface area contributed by atoms with Crippen LogP contribution in [-0.4, -0.2) is 26.3 Å². The number of nitrogens with one attached hydrogen (secondary N) is 2. The lowest BCUT2D eigenvalue weighted by atomic mass is 9.92. The molecule has 1 aliphatic rings. The van der Waals surface area contributed by atoms with Crippen LogP contribution in [-0.2, 0) is 12.8 Å². The van der Waals surface area contributed by atoms with Crippen LogP contribution < -0.4 is 20.1 Å². The van der Waals surface area contributed by atoms with Gasteiger partial charge in [-0.25, -0.2) is 4.79 Å². The van der Waals surface area contributed by atoms with Gasteiger partial charge in [-0.1, -0.05) is 18.2 Å². The van der Waals surface area contributed by atoms with Gasteiger partial charge in [-0.05, 0) is 61.1 Å². The van der Waals surface area contributed by atoms with E-state index >= 15 is 0 Å². The molecule has 5 heteroatoms. The largest absolute Gasteiger partial charge is 0.495 e. The van der Waals surface area contributed by atoms with Crippen LogP contribution in [0.3, 0.4) is 0 Å². The fourth-order valence-electron chi connectivity index (χ4n) is 3.05. The highest BCUT2D eigenvalue weighted by Gasteiger charge is 2.10. The molecule has 0 atom stereocenters. The zero-order valence-corrected chi connectivity index (χ0v) is 14.5. The molecule has 0 bridgehead atoms. The van der Waals surface area contributed by atoms with Gasteiger partial charge in [0.2, 0.25) is 0 Å². The maximum absolute atomic E-state index is 12.0. The first kappa shape index (κ1) is 17.1. The highest BCUT2D eigenvalue weighted by Crippen LogP contribution is 2.25. The van der Waals surface area contributed by atoms with E-state index in [0.29, 0.717) is 24.6 Å². The number of urea groups is 1. The summed E-state index contributed by atoms with van der Waals surface area (Å²) in [6.07, 6.45) is 4.83. The number of fused-ring (bicyclic) bond motifs is 1. The quantitative estimate of drug-likeness (QED) is 0.787. The average Bonchev–Trinajstić information content (AvgIpc) is 2.65. The van der Waals surface area contributed by atoms with Crippen molar-refractivity contribution in [1.29, 1.82) is 0 Å². The van der Waals surface area contributed by atoms with Gasteiger partial charge in [-0.2, -0.15) is 0 Å². The first-order chi connectivity index (χ1) is 12.3. The van der Waals surface area contributed by atoms with Crippen molar-refractivity contribution in [3.05, 3.63) is 53.6 Å². The van der Waals surface area contributed by atoms with Crippen molar-refractivity contribution in [3.8, 4) is 11.5 Å². The van der Waals surface area contributed by atoms with E-state index in [1.54, 1.807) is 19.2 Å². The number of rotatable bonds is 6. The minimum absolute atomic E-state index is 0.279. The van der Waals surface area contributed by atoms with Crippen LogP contribution in [0.2, 0.25) is 0 Å². The molecule has 0 radical (unpaired) electrons. The van der Waals surface area contributed by atoms with Crippen molar-refractivity contribution < 1.29 is 14.3 Å². The molecule has 1 aliphatic carbocycles. The number of carbonyl (C=O) groups is 1. The lowest BCUT2D eigenvalue weighted by Gasteiger charge is -2.17. The highest BCUT2D eigenvalue weighted by molar-refractivity contribution is 5.90. The number of ether oxygens (including phenoxy) is 2. The minimum Gasteiger partial charge on any atom is -0.495 e. The number of para-hydroxylation sites is 2. The Morgan fingerprint density at radius 2 is 1.88 bits per heavy atom. The monoisotopic (exact) mass is 340 g/mol. The topological polar surface area (TPSA) is 59.6 Å². The van der Waals surface area contributed by atoms with E-state index in [0.717, 1.165) is 12.2 Å². The van der Waals surface area contributed by atoms with Crippen LogP contribution in [0.25, 0.3) is 0 Å². The molecule has 0 saturated carbocycles. The van der Waals surface area contributed by atoms with E-state index in [1.165, 1.54) is 30.4 Å². The Balaban J connectivity index is 1.43. The second-order valence-corrected chi connectivity index (χ2v) is 6.07. The molecule has 2 amide bonds.